The molecule has 38 heavy (non-hydrogen) atoms. The van der Waals surface area contributed by atoms with Gasteiger partial charge in [-0.05, 0) is 65.9 Å². The molecular weight excluding hydrogens is 503 g/mol. The number of rotatable bonds is 13. The third kappa shape index (κ3) is 9.23. The number of aryl methyl sites for hydroxylation is 3. The van der Waals surface area contributed by atoms with Crippen LogP contribution in [0.2, 0.25) is 0 Å². The predicted octanol–water partition coefficient (Wildman–Crippen LogP) is 7.10. The molecule has 5 heteroatoms. The number of aromatic nitrogens is 2. The van der Waals surface area contributed by atoms with Gasteiger partial charge in [0.2, 0.25) is 11.4 Å². The van der Waals surface area contributed by atoms with Gasteiger partial charge in [0.15, 0.2) is 12.4 Å². The van der Waals surface area contributed by atoms with Crippen LogP contribution in [0.15, 0.2) is 97.3 Å². The molecule has 0 aliphatic heterocycles. The molecule has 2 aromatic heterocycles. The lowest BCUT2D eigenvalue weighted by atomic mass is 10.1. The molecule has 2 heterocycles. The minimum absolute atomic E-state index is 0.975. The molecule has 0 amide bonds. The SMILES string of the molecule is C[n+]1ccccc1/C=C/c1ccc(CCCSSCCNc2ccc(/C=C/c3cccc[n+]3C)cc2)cc1. The highest BCUT2D eigenvalue weighted by Crippen LogP contribution is 2.23. The fourth-order valence-electron chi connectivity index (χ4n) is 3.98. The van der Waals surface area contributed by atoms with Crippen LogP contribution in [-0.4, -0.2) is 18.1 Å². The molecule has 0 aliphatic rings. The average Bonchev–Trinajstić information content (AvgIpc) is 2.95. The van der Waals surface area contributed by atoms with Gasteiger partial charge in [-0.25, -0.2) is 9.13 Å². The molecule has 4 aromatic rings. The van der Waals surface area contributed by atoms with Crippen molar-refractivity contribution >= 4 is 51.6 Å². The van der Waals surface area contributed by atoms with E-state index in [1.807, 2.05) is 33.7 Å². The van der Waals surface area contributed by atoms with Crippen LogP contribution in [0.3, 0.4) is 0 Å². The molecule has 194 valence electrons. The van der Waals surface area contributed by atoms with E-state index < -0.39 is 0 Å². The molecule has 0 radical (unpaired) electrons. The molecule has 1 N–H and O–H groups in total. The Hall–Kier alpha value is -3.28. The third-order valence-corrected chi connectivity index (χ3v) is 8.76. The molecule has 0 atom stereocenters. The maximum Gasteiger partial charge on any atom is 0.204 e. The van der Waals surface area contributed by atoms with Crippen molar-refractivity contribution < 1.29 is 9.13 Å². The Bertz CT molecular complexity index is 1220. The Balaban J connectivity index is 1.07. The number of nitrogens with zero attached hydrogens (tertiary/aromatic N) is 2. The minimum atomic E-state index is 0.975. The summed E-state index contributed by atoms with van der Waals surface area (Å²) in [5.74, 6) is 2.27. The third-order valence-electron chi connectivity index (χ3n) is 6.26. The van der Waals surface area contributed by atoms with Crippen LogP contribution in [0.1, 0.15) is 34.5 Å². The normalized spacial score (nSPS) is 11.4. The Morgan fingerprint density at radius 1 is 0.632 bits per heavy atom. The van der Waals surface area contributed by atoms with Gasteiger partial charge in [0.1, 0.15) is 14.1 Å². The van der Waals surface area contributed by atoms with Crippen LogP contribution in [0, 0.1) is 0 Å². The first-order valence-electron chi connectivity index (χ1n) is 13.1. The summed E-state index contributed by atoms with van der Waals surface area (Å²) in [7, 11) is 8.07. The zero-order valence-electron chi connectivity index (χ0n) is 22.3. The van der Waals surface area contributed by atoms with Crippen LogP contribution in [0.25, 0.3) is 24.3 Å². The van der Waals surface area contributed by atoms with E-state index in [2.05, 4.69) is 138 Å². The topological polar surface area (TPSA) is 19.8 Å². The second-order valence-electron chi connectivity index (χ2n) is 9.18. The largest absolute Gasteiger partial charge is 0.384 e. The maximum atomic E-state index is 3.53. The van der Waals surface area contributed by atoms with Crippen molar-refractivity contribution in [3.8, 4) is 0 Å². The molecule has 3 nitrogen and oxygen atoms in total. The van der Waals surface area contributed by atoms with Gasteiger partial charge in [0.05, 0.1) is 0 Å². The minimum Gasteiger partial charge on any atom is -0.384 e. The molecule has 0 bridgehead atoms. The summed E-state index contributed by atoms with van der Waals surface area (Å²) in [6.07, 6.45) is 15.1. The summed E-state index contributed by atoms with van der Waals surface area (Å²) in [5, 5.41) is 3.53. The van der Waals surface area contributed by atoms with E-state index in [1.165, 1.54) is 45.9 Å². The summed E-state index contributed by atoms with van der Waals surface area (Å²) < 4.78 is 4.24. The van der Waals surface area contributed by atoms with Crippen molar-refractivity contribution in [1.29, 1.82) is 0 Å². The summed E-state index contributed by atoms with van der Waals surface area (Å²) in [6.45, 7) is 0.975. The summed E-state index contributed by atoms with van der Waals surface area (Å²) in [6, 6.07) is 30.1. The second-order valence-corrected chi connectivity index (χ2v) is 11.9. The Labute approximate surface area is 235 Å². The van der Waals surface area contributed by atoms with Gasteiger partial charge in [-0.15, -0.1) is 0 Å². The summed E-state index contributed by atoms with van der Waals surface area (Å²) in [4.78, 5) is 0. The second kappa shape index (κ2) is 15.2. The molecule has 0 saturated heterocycles. The fourth-order valence-corrected chi connectivity index (χ4v) is 5.97. The van der Waals surface area contributed by atoms with E-state index in [0.29, 0.717) is 0 Å². The van der Waals surface area contributed by atoms with Crippen LogP contribution >= 0.6 is 21.6 Å². The van der Waals surface area contributed by atoms with Crippen molar-refractivity contribution in [2.45, 2.75) is 12.8 Å². The van der Waals surface area contributed by atoms with Crippen molar-refractivity contribution in [2.75, 3.05) is 23.4 Å². The molecule has 0 unspecified atom stereocenters. The zero-order valence-corrected chi connectivity index (χ0v) is 23.9. The number of nitrogens with one attached hydrogen (secondary N) is 1. The standard InChI is InChI=1S/C33H36N3S2/c1-35-24-5-3-9-32(35)21-17-29-13-11-28(12-14-29)8-7-26-37-38-27-23-34-31-19-15-30(16-20-31)18-22-33-10-4-6-25-36(33)2/h3-6,9-22,24-25H,7-8,23,26-27H2,1-2H3/q+1/p+1/b21-17+. The Morgan fingerprint density at radius 3 is 1.76 bits per heavy atom. The highest BCUT2D eigenvalue weighted by atomic mass is 33.1. The van der Waals surface area contributed by atoms with Crippen molar-refractivity contribution in [3.05, 3.63) is 125 Å². The Morgan fingerprint density at radius 2 is 1.18 bits per heavy atom. The van der Waals surface area contributed by atoms with Gasteiger partial charge in [0, 0.05) is 60.2 Å². The highest BCUT2D eigenvalue weighted by Gasteiger charge is 2.01. The molecule has 0 spiro atoms. The van der Waals surface area contributed by atoms with Gasteiger partial charge in [-0.2, -0.15) is 0 Å². The van der Waals surface area contributed by atoms with E-state index in [9.17, 15) is 0 Å². The average molecular weight is 540 g/mol. The van der Waals surface area contributed by atoms with Crippen molar-refractivity contribution in [2.24, 2.45) is 14.1 Å². The number of hydrogen-bond acceptors (Lipinski definition) is 3. The lowest BCUT2D eigenvalue weighted by Crippen LogP contribution is -2.30. The van der Waals surface area contributed by atoms with Gasteiger partial charge >= 0.3 is 0 Å². The van der Waals surface area contributed by atoms with Crippen molar-refractivity contribution in [3.63, 3.8) is 0 Å². The van der Waals surface area contributed by atoms with E-state index in [-0.39, 0.29) is 0 Å². The van der Waals surface area contributed by atoms with E-state index in [4.69, 9.17) is 0 Å². The first-order valence-corrected chi connectivity index (χ1v) is 15.6. The van der Waals surface area contributed by atoms with Crippen molar-refractivity contribution in [1.82, 2.24) is 0 Å². The zero-order chi connectivity index (χ0) is 26.4. The van der Waals surface area contributed by atoms with Crippen LogP contribution in [0.4, 0.5) is 5.69 Å². The highest BCUT2D eigenvalue weighted by molar-refractivity contribution is 8.76. The first kappa shape index (κ1) is 27.7. The number of pyridine rings is 2. The van der Waals surface area contributed by atoms with Crippen LogP contribution in [0.5, 0.6) is 0 Å². The lowest BCUT2D eigenvalue weighted by Gasteiger charge is -2.06. The quantitative estimate of drug-likeness (QED) is 0.111. The van der Waals surface area contributed by atoms with Gasteiger partial charge in [-0.1, -0.05) is 58.0 Å². The first-order chi connectivity index (χ1) is 18.7. The molecule has 0 saturated carbocycles. The van der Waals surface area contributed by atoms with Crippen LogP contribution < -0.4 is 14.5 Å². The van der Waals surface area contributed by atoms with Gasteiger partial charge in [-0.3, -0.25) is 0 Å². The summed E-state index contributed by atoms with van der Waals surface area (Å²) in [5.41, 5.74) is 7.41. The number of anilines is 1. The Kier molecular flexibility index (Phi) is 11.1. The van der Waals surface area contributed by atoms with Gasteiger partial charge < -0.3 is 5.32 Å². The number of hydrogen-bond donors (Lipinski definition) is 1. The maximum absolute atomic E-state index is 3.53. The smallest absolute Gasteiger partial charge is 0.204 e. The van der Waals surface area contributed by atoms with E-state index >= 15 is 0 Å². The molecule has 0 fully saturated rings. The molecule has 2 aromatic carbocycles. The fraction of sp³-hybridized carbons (Fsp3) is 0.212. The molecule has 0 aliphatic carbocycles. The predicted molar refractivity (Wildman–Crippen MR) is 168 cm³/mol. The summed E-state index contributed by atoms with van der Waals surface area (Å²) >= 11 is 0. The van der Waals surface area contributed by atoms with Crippen LogP contribution in [-0.2, 0) is 20.5 Å². The molecule has 4 rings (SSSR count). The monoisotopic (exact) mass is 539 g/mol. The number of benzene rings is 2. The van der Waals surface area contributed by atoms with E-state index in [0.717, 1.165) is 18.7 Å². The molecular formula is C33H37N3S2+2. The van der Waals surface area contributed by atoms with E-state index in [1.54, 1.807) is 0 Å². The van der Waals surface area contributed by atoms with Gasteiger partial charge in [0.25, 0.3) is 0 Å². The lowest BCUT2D eigenvalue weighted by molar-refractivity contribution is -0.673.